The number of benzene rings is 1. The van der Waals surface area contributed by atoms with Crippen molar-refractivity contribution in [2.45, 2.75) is 83.4 Å². The molecule has 17 nitrogen and oxygen atoms in total. The highest BCUT2D eigenvalue weighted by Gasteiger charge is 2.53. The van der Waals surface area contributed by atoms with Gasteiger partial charge in [-0.05, 0) is 44.7 Å². The molecule has 0 radical (unpaired) electrons. The van der Waals surface area contributed by atoms with Gasteiger partial charge in [-0.15, -0.1) is 0 Å². The highest BCUT2D eigenvalue weighted by atomic mass is 31.2. The van der Waals surface area contributed by atoms with E-state index in [1.807, 2.05) is 0 Å². The molecule has 0 amide bonds. The molecule has 3 aromatic rings. The van der Waals surface area contributed by atoms with Gasteiger partial charge >= 0.3 is 13.7 Å². The number of nitrogen functional groups attached to an aromatic ring is 1. The number of nitrogens with zero attached hydrogens (tertiary/aromatic N) is 4. The van der Waals surface area contributed by atoms with E-state index < -0.39 is 50.3 Å². The van der Waals surface area contributed by atoms with E-state index in [4.69, 9.17) is 40.3 Å². The number of carbonyl (C=O) groups excluding carboxylic acids is 1. The fourth-order valence-corrected chi connectivity index (χ4v) is 6.78. The van der Waals surface area contributed by atoms with E-state index in [0.717, 1.165) is 25.7 Å². The third kappa shape index (κ3) is 9.21. The van der Waals surface area contributed by atoms with Crippen LogP contribution in [0.4, 0.5) is 5.95 Å². The van der Waals surface area contributed by atoms with Gasteiger partial charge in [-0.2, -0.15) is 20.6 Å². The number of carbonyl (C=O) groups is 1. The molecule has 4 rings (SSSR count). The number of nitrogens with one attached hydrogen (secondary N) is 2. The normalized spacial score (nSPS) is 22.7. The molecule has 1 aromatic carbocycles. The third-order valence-corrected chi connectivity index (χ3v) is 9.26. The second-order valence-corrected chi connectivity index (χ2v) is 13.1. The van der Waals surface area contributed by atoms with Gasteiger partial charge in [-0.3, -0.25) is 13.9 Å². The van der Waals surface area contributed by atoms with Crippen LogP contribution in [0.25, 0.3) is 11.2 Å². The molecule has 47 heavy (non-hydrogen) atoms. The maximum Gasteiger partial charge on any atom is 0.459 e. The minimum Gasteiger partial charge on any atom is -0.479 e. The van der Waals surface area contributed by atoms with Crippen LogP contribution in [-0.4, -0.2) is 74.7 Å². The molecule has 2 aromatic heterocycles. The van der Waals surface area contributed by atoms with E-state index in [-0.39, 0.29) is 35.7 Å². The molecule has 260 valence electrons. The van der Waals surface area contributed by atoms with Gasteiger partial charge in [0.05, 0.1) is 32.2 Å². The van der Waals surface area contributed by atoms with E-state index in [1.165, 1.54) is 24.9 Å². The Balaban J connectivity index is 0.00000294. The van der Waals surface area contributed by atoms with Crippen molar-refractivity contribution in [1.82, 2.24) is 24.6 Å². The summed E-state index contributed by atoms with van der Waals surface area (Å²) < 4.78 is 44.1. The van der Waals surface area contributed by atoms with Crippen LogP contribution in [0.15, 0.2) is 36.7 Å². The van der Waals surface area contributed by atoms with Crippen molar-refractivity contribution >= 4 is 30.8 Å². The monoisotopic (exact) mass is 680 g/mol. The van der Waals surface area contributed by atoms with Crippen molar-refractivity contribution in [3.8, 4) is 11.6 Å². The lowest BCUT2D eigenvalue weighted by atomic mass is 9.93. The molecule has 0 bridgehead atoms. The molecular weight excluding hydrogens is 633 g/mol. The van der Waals surface area contributed by atoms with Crippen LogP contribution >= 0.6 is 7.75 Å². The molecule has 1 aliphatic rings. The summed E-state index contributed by atoms with van der Waals surface area (Å²) in [5, 5.41) is 13.9. The Kier molecular flexibility index (Phi) is 13.6. The molecule has 1 unspecified atom stereocenters. The molecule has 0 aliphatic carbocycles. The number of fused-ring (bicyclic) bond motifs is 1. The highest BCUT2D eigenvalue weighted by Crippen LogP contribution is 2.47. The standard InChI is InChI=1S/C29H44N7O8P.H2N2/c1-6-11-19(12-7-2)15-41-26(38)18(3)35-45(39,44-20-13-9-8-10-14-20)42-16-21-23(37)29(4,31)27(43-21)36-17-32-22-24(36)33-28(30)34-25(22)40-5;1-2/h8-10,13-14,17-19,21,23,27,37H,6-7,11-12,15-16,31H2,1-5H3,(H,35,39)(H2,30,33,34);1-2H/p+1/t18-,21+,23+,27+,29+,45?;/m0./s1. The first-order chi connectivity index (χ1) is 22.4. The van der Waals surface area contributed by atoms with Crippen molar-refractivity contribution in [1.29, 1.82) is 5.53 Å². The second kappa shape index (κ2) is 16.9. The zero-order valence-electron chi connectivity index (χ0n) is 27.4. The number of esters is 1. The lowest BCUT2D eigenvalue weighted by Gasteiger charge is -2.28. The van der Waals surface area contributed by atoms with Gasteiger partial charge in [0.15, 0.2) is 17.4 Å². The molecule has 6 atom stereocenters. The molecule has 1 saturated heterocycles. The summed E-state index contributed by atoms with van der Waals surface area (Å²) in [6.45, 7) is 7.13. The van der Waals surface area contributed by atoms with Crippen LogP contribution in [0.1, 0.15) is 59.6 Å². The summed E-state index contributed by atoms with van der Waals surface area (Å²) in [4.78, 5) is 25.5. The van der Waals surface area contributed by atoms with Gasteiger partial charge < -0.3 is 35.3 Å². The maximum absolute atomic E-state index is 14.1. The van der Waals surface area contributed by atoms with Crippen molar-refractivity contribution in [3.05, 3.63) is 36.7 Å². The zero-order chi connectivity index (χ0) is 34.8. The van der Waals surface area contributed by atoms with Crippen LogP contribution in [-0.2, 0) is 23.4 Å². The third-order valence-electron chi connectivity index (χ3n) is 7.62. The average Bonchev–Trinajstić information content (AvgIpc) is 3.56. The summed E-state index contributed by atoms with van der Waals surface area (Å²) in [6.07, 6.45) is 1.93. The van der Waals surface area contributed by atoms with Gasteiger partial charge in [-0.1, -0.05) is 50.4 Å². The Morgan fingerprint density at radius 3 is 2.51 bits per heavy atom. The number of ether oxygens (including phenoxy) is 3. The number of methoxy groups -OCH3 is 1. The van der Waals surface area contributed by atoms with Crippen LogP contribution in [0, 0.1) is 11.4 Å². The number of aromatic nitrogens is 4. The molecule has 0 spiro atoms. The number of rotatable bonds is 16. The fraction of sp³-hybridized carbons (Fsp3) is 0.586. The predicted molar refractivity (Wildman–Crippen MR) is 171 cm³/mol. The molecule has 0 saturated carbocycles. The van der Waals surface area contributed by atoms with Crippen LogP contribution in [0.2, 0.25) is 0 Å². The Morgan fingerprint density at radius 1 is 1.23 bits per heavy atom. The van der Waals surface area contributed by atoms with Gasteiger partial charge in [0.2, 0.25) is 11.8 Å². The van der Waals surface area contributed by atoms with Crippen molar-refractivity contribution in [2.75, 3.05) is 26.1 Å². The molecule has 18 heteroatoms. The Morgan fingerprint density at radius 2 is 1.89 bits per heavy atom. The minimum atomic E-state index is -4.24. The predicted octanol–water partition coefficient (Wildman–Crippen LogP) is 2.11. The van der Waals surface area contributed by atoms with Gasteiger partial charge in [0.1, 0.15) is 24.0 Å². The smallest absolute Gasteiger partial charge is 0.459 e. The molecule has 1 aliphatic heterocycles. The topological polar surface area (TPSA) is 258 Å². The van der Waals surface area contributed by atoms with E-state index in [2.05, 4.69) is 39.4 Å². The lowest BCUT2D eigenvalue weighted by Crippen LogP contribution is -2.52. The van der Waals surface area contributed by atoms with Crippen molar-refractivity contribution in [2.24, 2.45) is 11.7 Å². The molecular formula is C29H47N9O8P+. The van der Waals surface area contributed by atoms with E-state index in [9.17, 15) is 14.5 Å². The number of imidazole rings is 1. The lowest BCUT2D eigenvalue weighted by molar-refractivity contribution is -0.249. The number of anilines is 1. The van der Waals surface area contributed by atoms with Crippen LogP contribution < -0.4 is 31.3 Å². The van der Waals surface area contributed by atoms with Gasteiger partial charge in [-0.25, -0.2) is 9.55 Å². The average molecular weight is 681 g/mol. The summed E-state index contributed by atoms with van der Waals surface area (Å²) in [7, 11) is -2.81. The fourth-order valence-electron chi connectivity index (χ4n) is 5.27. The Hall–Kier alpha value is -3.73. The van der Waals surface area contributed by atoms with Crippen molar-refractivity contribution in [3.63, 3.8) is 0 Å². The van der Waals surface area contributed by atoms with Gasteiger partial charge in [0.25, 0.3) is 0 Å². The highest BCUT2D eigenvalue weighted by molar-refractivity contribution is 7.52. The van der Waals surface area contributed by atoms with E-state index in [0.29, 0.717) is 5.52 Å². The first-order valence-corrected chi connectivity index (χ1v) is 16.9. The van der Waals surface area contributed by atoms with Crippen LogP contribution in [0.3, 0.4) is 0 Å². The number of aliphatic hydroxyl groups excluding tert-OH is 1. The summed E-state index contributed by atoms with van der Waals surface area (Å²) in [6, 6.07) is 7.33. The summed E-state index contributed by atoms with van der Waals surface area (Å²) >= 11 is 0. The number of para-hydroxylation sites is 1. The zero-order valence-corrected chi connectivity index (χ0v) is 28.3. The number of hydrogen-bond donors (Lipinski definition) is 6. The minimum absolute atomic E-state index is 0.0535. The van der Waals surface area contributed by atoms with E-state index in [1.54, 1.807) is 37.3 Å². The van der Waals surface area contributed by atoms with Gasteiger partial charge in [0, 0.05) is 0 Å². The summed E-state index contributed by atoms with van der Waals surface area (Å²) in [5.41, 5.74) is 20.7. The quantitative estimate of drug-likeness (QED) is 0.0720. The van der Waals surface area contributed by atoms with Crippen LogP contribution in [0.5, 0.6) is 11.6 Å². The molecule has 9 N–H and O–H groups in total. The Labute approximate surface area is 273 Å². The molecule has 3 heterocycles. The number of nitrogens with two attached hydrogens (primary N) is 3. The second-order valence-electron chi connectivity index (χ2n) is 11.4. The number of aliphatic hydroxyl groups is 1. The Bertz CT molecular complexity index is 1490. The number of hydrogen-bond acceptors (Lipinski definition) is 14. The maximum atomic E-state index is 14.1. The van der Waals surface area contributed by atoms with Crippen molar-refractivity contribution < 1.29 is 43.3 Å². The molecule has 1 fully saturated rings. The summed E-state index contributed by atoms with van der Waals surface area (Å²) in [5.74, 6) is 0.00371. The SMILES string of the molecule is CCCC(CCC)COC(=O)[C@H](C)NP(=O)(OC[C@H]1O[C@@H](n2cnc3c(OC)nc(N)nc32)[C@](C)(N)[C@@H]1O)Oc1ccccc1.N=[NH2+]. The largest absolute Gasteiger partial charge is 0.479 e. The first-order valence-electron chi connectivity index (χ1n) is 15.3. The first kappa shape index (κ1) is 37.7. The van der Waals surface area contributed by atoms with E-state index >= 15 is 0 Å².